The summed E-state index contributed by atoms with van der Waals surface area (Å²) in [6.07, 6.45) is -1.22. The fraction of sp³-hybridized carbons (Fsp3) is 0.880. The van der Waals surface area contributed by atoms with Gasteiger partial charge < -0.3 is 28.8 Å². The molecule has 228 valence electrons. The van der Waals surface area contributed by atoms with Gasteiger partial charge in [-0.15, -0.1) is 8.67 Å². The average molecular weight is 609 g/mol. The maximum atomic E-state index is 12.9. The molecule has 13 unspecified atom stereocenters. The molecule has 0 aromatic carbocycles. The molecule has 14 atom stereocenters. The van der Waals surface area contributed by atoms with Gasteiger partial charge in [0.15, 0.2) is 6.29 Å². The quantitative estimate of drug-likeness (QED) is 0.173. The second-order valence-corrected chi connectivity index (χ2v) is 13.3. The van der Waals surface area contributed by atoms with E-state index in [1.165, 1.54) is 12.5 Å². The Kier molecular flexibility index (Phi) is 9.05. The number of aliphatic hydroxyl groups excluding tert-OH is 2. The van der Waals surface area contributed by atoms with Gasteiger partial charge in [0.1, 0.15) is 46.8 Å². The van der Waals surface area contributed by atoms with E-state index < -0.39 is 71.1 Å². The lowest BCUT2D eigenvalue weighted by molar-refractivity contribution is -0.364. The van der Waals surface area contributed by atoms with Gasteiger partial charge in [0.2, 0.25) is 0 Å². The Morgan fingerprint density at radius 2 is 1.70 bits per heavy atom. The second kappa shape index (κ2) is 11.8. The van der Waals surface area contributed by atoms with Crippen molar-refractivity contribution >= 4 is 28.5 Å². The zero-order valence-corrected chi connectivity index (χ0v) is 24.1. The van der Waals surface area contributed by atoms with Gasteiger partial charge in [0, 0.05) is 11.8 Å². The maximum Gasteiger partial charge on any atom is 0.186 e. The van der Waals surface area contributed by atoms with Crippen LogP contribution < -0.4 is 0 Å². The first-order chi connectivity index (χ1) is 18.8. The lowest BCUT2D eigenvalue weighted by Crippen LogP contribution is -2.61. The van der Waals surface area contributed by atoms with Gasteiger partial charge in [-0.25, -0.2) is 18.2 Å². The zero-order chi connectivity index (χ0) is 29.0. The molecule has 0 aromatic rings. The molecular formula is C25H36O13S2-2. The summed E-state index contributed by atoms with van der Waals surface area (Å²) in [5.74, 6) is 0.308. The first-order valence-electron chi connectivity index (χ1n) is 13.6. The topological polar surface area (TPSA) is 193 Å². The van der Waals surface area contributed by atoms with Gasteiger partial charge in [0.25, 0.3) is 0 Å². The molecule has 0 bridgehead atoms. The minimum atomic E-state index is -2.99. The Bertz CT molecular complexity index is 1060. The SMILES string of the molecule is CC1OC(OC2CC3C(=CCC4(C)C(=O)CCC34)C3(C)CCC(OOS(=O)[O-])C[C@H]23)C(O)C(O)C1OOS(=O)[O-]. The van der Waals surface area contributed by atoms with Crippen molar-refractivity contribution in [3.63, 3.8) is 0 Å². The molecule has 13 nitrogen and oxygen atoms in total. The summed E-state index contributed by atoms with van der Waals surface area (Å²) in [6.45, 7) is 5.73. The third-order valence-electron chi connectivity index (χ3n) is 10.2. The molecule has 3 saturated carbocycles. The van der Waals surface area contributed by atoms with Crippen LogP contribution in [0, 0.1) is 28.6 Å². The minimum absolute atomic E-state index is 0.0684. The van der Waals surface area contributed by atoms with Crippen LogP contribution in [0.1, 0.15) is 65.7 Å². The fourth-order valence-electron chi connectivity index (χ4n) is 8.11. The van der Waals surface area contributed by atoms with E-state index in [0.717, 1.165) is 6.42 Å². The van der Waals surface area contributed by atoms with E-state index in [0.29, 0.717) is 38.5 Å². The number of carbonyl (C=O) groups is 1. The van der Waals surface area contributed by atoms with E-state index in [1.54, 1.807) is 0 Å². The number of Topliss-reactive ketones (excluding diaryl/α,β-unsaturated/α-hetero) is 1. The minimum Gasteiger partial charge on any atom is -0.748 e. The van der Waals surface area contributed by atoms with E-state index in [9.17, 15) is 32.5 Å². The van der Waals surface area contributed by atoms with Crippen LogP contribution in [0.2, 0.25) is 0 Å². The second-order valence-electron chi connectivity index (χ2n) is 12.2. The zero-order valence-electron chi connectivity index (χ0n) is 22.5. The molecule has 0 radical (unpaired) electrons. The van der Waals surface area contributed by atoms with Crippen molar-refractivity contribution in [1.82, 2.24) is 0 Å². The van der Waals surface area contributed by atoms with Crippen LogP contribution in [-0.4, -0.2) is 76.4 Å². The largest absolute Gasteiger partial charge is 0.748 e. The number of ether oxygens (including phenoxy) is 2. The first-order valence-corrected chi connectivity index (χ1v) is 15.6. The van der Waals surface area contributed by atoms with Crippen molar-refractivity contribution in [1.29, 1.82) is 0 Å². The number of hydrogen-bond acceptors (Lipinski definition) is 13. The number of aliphatic hydroxyl groups is 2. The summed E-state index contributed by atoms with van der Waals surface area (Å²) in [5.41, 5.74) is 0.501. The van der Waals surface area contributed by atoms with Crippen molar-refractivity contribution in [3.05, 3.63) is 11.6 Å². The highest BCUT2D eigenvalue weighted by molar-refractivity contribution is 7.74. The van der Waals surface area contributed by atoms with Crippen molar-refractivity contribution in [2.45, 2.75) is 109 Å². The highest BCUT2D eigenvalue weighted by Crippen LogP contribution is 2.64. The molecule has 1 heterocycles. The van der Waals surface area contributed by atoms with Crippen LogP contribution >= 0.6 is 0 Å². The monoisotopic (exact) mass is 608 g/mol. The predicted molar refractivity (Wildman–Crippen MR) is 133 cm³/mol. The maximum absolute atomic E-state index is 12.9. The van der Waals surface area contributed by atoms with Crippen LogP contribution in [0.4, 0.5) is 0 Å². The Balaban J connectivity index is 1.41. The summed E-state index contributed by atoms with van der Waals surface area (Å²) >= 11 is -5.82. The van der Waals surface area contributed by atoms with Gasteiger partial charge >= 0.3 is 0 Å². The van der Waals surface area contributed by atoms with Crippen molar-refractivity contribution in [2.75, 3.05) is 0 Å². The predicted octanol–water partition coefficient (Wildman–Crippen LogP) is 1.20. The summed E-state index contributed by atoms with van der Waals surface area (Å²) in [5, 5.41) is 21.6. The average Bonchev–Trinajstić information content (AvgIpc) is 3.20. The van der Waals surface area contributed by atoms with Crippen LogP contribution in [-0.2, 0) is 55.4 Å². The Morgan fingerprint density at radius 1 is 1.00 bits per heavy atom. The van der Waals surface area contributed by atoms with Gasteiger partial charge in [-0.2, -0.15) is 0 Å². The van der Waals surface area contributed by atoms with Crippen LogP contribution in [0.15, 0.2) is 11.6 Å². The Morgan fingerprint density at radius 3 is 2.40 bits per heavy atom. The van der Waals surface area contributed by atoms with E-state index in [-0.39, 0.29) is 29.0 Å². The van der Waals surface area contributed by atoms with E-state index >= 15 is 0 Å². The van der Waals surface area contributed by atoms with Gasteiger partial charge in [-0.1, -0.05) is 25.5 Å². The smallest absolute Gasteiger partial charge is 0.186 e. The number of fused-ring (bicyclic) bond motifs is 5. The lowest BCUT2D eigenvalue weighted by atomic mass is 9.48. The number of carbonyl (C=O) groups excluding carboxylic acids is 1. The Hall–Kier alpha value is -0.690. The number of hydrogen-bond donors (Lipinski definition) is 2. The van der Waals surface area contributed by atoms with Gasteiger partial charge in [-0.05, 0) is 68.6 Å². The number of allylic oxidation sites excluding steroid dienone is 2. The fourth-order valence-corrected chi connectivity index (χ4v) is 8.44. The van der Waals surface area contributed by atoms with Crippen LogP contribution in [0.3, 0.4) is 0 Å². The molecule has 2 N–H and O–H groups in total. The molecule has 5 aliphatic rings. The number of ketones is 1. The summed E-state index contributed by atoms with van der Waals surface area (Å²) in [6, 6.07) is 0. The molecule has 0 amide bonds. The molecule has 15 heteroatoms. The molecule has 5 rings (SSSR count). The highest BCUT2D eigenvalue weighted by Gasteiger charge is 2.60. The third-order valence-corrected chi connectivity index (χ3v) is 10.6. The molecular weight excluding hydrogens is 572 g/mol. The summed E-state index contributed by atoms with van der Waals surface area (Å²) < 4.78 is 64.2. The van der Waals surface area contributed by atoms with Gasteiger partial charge in [0.05, 0.1) is 18.3 Å². The van der Waals surface area contributed by atoms with E-state index in [2.05, 4.69) is 21.7 Å². The number of rotatable bonds is 8. The van der Waals surface area contributed by atoms with Crippen molar-refractivity contribution in [2.24, 2.45) is 28.6 Å². The van der Waals surface area contributed by atoms with E-state index in [1.807, 2.05) is 6.92 Å². The van der Waals surface area contributed by atoms with Crippen LogP contribution in [0.25, 0.3) is 0 Å². The van der Waals surface area contributed by atoms with Gasteiger partial charge in [-0.3, -0.25) is 4.79 Å². The summed E-state index contributed by atoms with van der Waals surface area (Å²) in [4.78, 5) is 22.8. The third kappa shape index (κ3) is 5.53. The molecule has 40 heavy (non-hydrogen) atoms. The van der Waals surface area contributed by atoms with Crippen LogP contribution in [0.5, 0.6) is 0 Å². The summed E-state index contributed by atoms with van der Waals surface area (Å²) in [7, 11) is 0. The normalized spacial score (nSPS) is 48.5. The lowest BCUT2D eigenvalue weighted by Gasteiger charge is -2.58. The molecule has 4 fully saturated rings. The molecule has 0 aromatic heterocycles. The van der Waals surface area contributed by atoms with E-state index in [4.69, 9.17) is 19.2 Å². The molecule has 4 aliphatic carbocycles. The highest BCUT2D eigenvalue weighted by atomic mass is 32.2. The molecule has 0 spiro atoms. The Labute approximate surface area is 237 Å². The molecule has 1 saturated heterocycles. The molecule has 1 aliphatic heterocycles. The van der Waals surface area contributed by atoms with Crippen molar-refractivity contribution < 1.29 is 60.4 Å². The first kappa shape index (κ1) is 30.8. The van der Waals surface area contributed by atoms with Crippen molar-refractivity contribution in [3.8, 4) is 0 Å². The standard InChI is InChI=1S/C25H38O13S2/c1-12-22(36-38-40(31)32)20(27)21(28)23(33-12)34-18-11-14-15-4-5-19(26)25(15,3)9-7-16(14)24(2)8-6-13(10-17(18)24)35-37-39(29)30/h7,12-15,17-18,20-23,27-28H,4-6,8-11H2,1-3H3,(H,29,30)(H,31,32)/p-2/t12?,13?,14?,15?,17-,18?,20?,21?,22?,23?,24?,25?/m1/s1.